The van der Waals surface area contributed by atoms with Crippen molar-refractivity contribution in [3.63, 3.8) is 0 Å². The summed E-state index contributed by atoms with van der Waals surface area (Å²) in [6.45, 7) is 2.60. The zero-order chi connectivity index (χ0) is 35.5. The van der Waals surface area contributed by atoms with Crippen LogP contribution in [0.4, 0.5) is 0 Å². The normalized spacial score (nSPS) is 14.1. The summed E-state index contributed by atoms with van der Waals surface area (Å²) < 4.78 is 2.56. The van der Waals surface area contributed by atoms with E-state index in [1.807, 2.05) is 0 Å². The zero-order valence-electron chi connectivity index (χ0n) is 29.9. The molecule has 8 aromatic carbocycles. The molecule has 2 aliphatic carbocycles. The van der Waals surface area contributed by atoms with Crippen LogP contribution in [0.1, 0.15) is 33.4 Å². The molecular weight excluding hydrogens is 649 g/mol. The Morgan fingerprint density at radius 2 is 1.09 bits per heavy atom. The summed E-state index contributed by atoms with van der Waals surface area (Å²) in [4.78, 5) is 0. The minimum absolute atomic E-state index is 0.185. The summed E-state index contributed by atoms with van der Waals surface area (Å²) in [5.41, 5.74) is 21.7. The molecule has 1 spiro atoms. The average Bonchev–Trinajstić information content (AvgIpc) is 3.68. The molecule has 0 atom stereocenters. The number of nitrogens with zero attached hydrogens (tertiary/aromatic N) is 1. The minimum atomic E-state index is -0.475. The van der Waals surface area contributed by atoms with E-state index < -0.39 is 5.41 Å². The summed E-state index contributed by atoms with van der Waals surface area (Å²) in [6, 6.07) is 66.0. The Bertz CT molecular complexity index is 3030. The van der Waals surface area contributed by atoms with Crippen LogP contribution < -0.4 is 10.9 Å². The molecular formula is C52H34BN. The van der Waals surface area contributed by atoms with Crippen molar-refractivity contribution in [2.45, 2.75) is 12.2 Å². The first-order valence-corrected chi connectivity index (χ1v) is 19.1. The van der Waals surface area contributed by atoms with Crippen LogP contribution in [0.3, 0.4) is 0 Å². The Morgan fingerprint density at radius 1 is 0.463 bits per heavy atom. The van der Waals surface area contributed by atoms with Gasteiger partial charge in [0.2, 0.25) is 6.71 Å². The number of para-hydroxylation sites is 2. The maximum atomic E-state index is 2.56. The monoisotopic (exact) mass is 683 g/mol. The summed E-state index contributed by atoms with van der Waals surface area (Å²) in [5, 5.41) is 2.62. The van der Waals surface area contributed by atoms with E-state index in [1.165, 1.54) is 105 Å². The molecule has 0 fully saturated rings. The second-order valence-corrected chi connectivity index (χ2v) is 15.2. The van der Waals surface area contributed by atoms with Crippen molar-refractivity contribution in [3.8, 4) is 39.1 Å². The van der Waals surface area contributed by atoms with Gasteiger partial charge in [0, 0.05) is 22.0 Å². The van der Waals surface area contributed by atoms with Crippen LogP contribution in [0.5, 0.6) is 0 Å². The van der Waals surface area contributed by atoms with Crippen molar-refractivity contribution in [1.82, 2.24) is 4.57 Å². The fraction of sp³-hybridized carbons (Fsp3) is 0.0385. The molecule has 0 saturated carbocycles. The molecule has 3 aliphatic rings. The van der Waals surface area contributed by atoms with Crippen molar-refractivity contribution >= 4 is 51.6 Å². The van der Waals surface area contributed by atoms with Gasteiger partial charge in [-0.2, -0.15) is 0 Å². The van der Waals surface area contributed by atoms with Gasteiger partial charge in [-0.05, 0) is 90.4 Å². The van der Waals surface area contributed by atoms with Crippen LogP contribution in [0.25, 0.3) is 73.0 Å². The quantitative estimate of drug-likeness (QED) is 0.160. The molecule has 1 aromatic heterocycles. The lowest BCUT2D eigenvalue weighted by molar-refractivity contribution is 0.766. The lowest BCUT2D eigenvalue weighted by Crippen LogP contribution is -2.46. The van der Waals surface area contributed by atoms with Crippen molar-refractivity contribution in [3.05, 3.63) is 209 Å². The third-order valence-corrected chi connectivity index (χ3v) is 12.7. The third kappa shape index (κ3) is 3.75. The predicted molar refractivity (Wildman–Crippen MR) is 229 cm³/mol. The molecule has 0 amide bonds. The summed E-state index contributed by atoms with van der Waals surface area (Å²) in [7, 11) is 0. The molecule has 12 rings (SSSR count). The summed E-state index contributed by atoms with van der Waals surface area (Å²) in [6.07, 6.45) is 4.78. The standard InChI is InChI=1S/C52H34BN/c1-53-47-27-14-22-41-40-20-8-12-28-48(40)54(51(41)47)49-32-35(33-15-3-2-4-16-33)31-42(50(49)53)36-21-13-26-46-39(36)30-29-34-17-5-9-23-43(34)52(46)44-24-10-6-18-37(44)38-19-7-11-25-45(38)52/h2-32H,1H3. The second-order valence-electron chi connectivity index (χ2n) is 15.2. The van der Waals surface area contributed by atoms with Gasteiger partial charge in [-0.1, -0.05) is 182 Å². The molecule has 1 nitrogen and oxygen atoms in total. The van der Waals surface area contributed by atoms with Crippen molar-refractivity contribution in [2.24, 2.45) is 0 Å². The molecule has 9 aromatic rings. The lowest BCUT2D eigenvalue weighted by Gasteiger charge is -2.36. The highest BCUT2D eigenvalue weighted by Gasteiger charge is 2.48. The van der Waals surface area contributed by atoms with Crippen LogP contribution in [0.2, 0.25) is 6.82 Å². The lowest BCUT2D eigenvalue weighted by atomic mass is 9.40. The Morgan fingerprint density at radius 3 is 1.91 bits per heavy atom. The number of hydrogen-bond acceptors (Lipinski definition) is 0. The maximum absolute atomic E-state index is 2.56. The van der Waals surface area contributed by atoms with Crippen LogP contribution in [0.15, 0.2) is 176 Å². The van der Waals surface area contributed by atoms with E-state index in [2.05, 4.69) is 199 Å². The molecule has 0 unspecified atom stereocenters. The van der Waals surface area contributed by atoms with E-state index in [9.17, 15) is 0 Å². The van der Waals surface area contributed by atoms with Crippen LogP contribution in [-0.4, -0.2) is 11.3 Å². The van der Waals surface area contributed by atoms with Crippen molar-refractivity contribution in [2.75, 3.05) is 0 Å². The highest BCUT2D eigenvalue weighted by atomic mass is 15.0. The van der Waals surface area contributed by atoms with E-state index in [0.29, 0.717) is 0 Å². The summed E-state index contributed by atoms with van der Waals surface area (Å²) in [5.74, 6) is 0. The topological polar surface area (TPSA) is 4.93 Å². The largest absolute Gasteiger partial charge is 0.310 e. The van der Waals surface area contributed by atoms with E-state index in [-0.39, 0.29) is 6.71 Å². The van der Waals surface area contributed by atoms with Gasteiger partial charge in [-0.25, -0.2) is 0 Å². The SMILES string of the molecule is CB1c2c(-c3cccc4c3C=Cc3ccccc3C43c4ccccc4-c4ccccc43)cc(-c3ccccc3)cc2-n2c3ccccc3c3cccc1c32. The highest BCUT2D eigenvalue weighted by Crippen LogP contribution is 2.59. The van der Waals surface area contributed by atoms with Gasteiger partial charge in [0.25, 0.3) is 0 Å². The van der Waals surface area contributed by atoms with Gasteiger partial charge in [-0.3, -0.25) is 0 Å². The molecule has 2 heterocycles. The molecule has 2 heteroatoms. The van der Waals surface area contributed by atoms with Crippen molar-refractivity contribution in [1.29, 1.82) is 0 Å². The fourth-order valence-corrected chi connectivity index (χ4v) is 10.5. The smallest absolute Gasteiger partial charge is 0.212 e. The number of aromatic nitrogens is 1. The number of rotatable bonds is 2. The van der Waals surface area contributed by atoms with Gasteiger partial charge in [-0.15, -0.1) is 0 Å². The predicted octanol–water partition coefficient (Wildman–Crippen LogP) is 11.5. The Hall–Kier alpha value is -6.64. The molecule has 0 N–H and O–H groups in total. The number of fused-ring (bicyclic) bond motifs is 14. The molecule has 1 aliphatic heterocycles. The first kappa shape index (κ1) is 29.9. The second kappa shape index (κ2) is 10.9. The van der Waals surface area contributed by atoms with Crippen LogP contribution in [0, 0.1) is 0 Å². The number of benzene rings is 8. The average molecular weight is 684 g/mol. The van der Waals surface area contributed by atoms with Gasteiger partial charge < -0.3 is 4.57 Å². The highest BCUT2D eigenvalue weighted by molar-refractivity contribution is 6.88. The van der Waals surface area contributed by atoms with E-state index in [1.54, 1.807) is 0 Å². The molecule has 0 bridgehead atoms. The first-order valence-electron chi connectivity index (χ1n) is 19.1. The van der Waals surface area contributed by atoms with E-state index >= 15 is 0 Å². The van der Waals surface area contributed by atoms with Crippen LogP contribution >= 0.6 is 0 Å². The molecule has 54 heavy (non-hydrogen) atoms. The minimum Gasteiger partial charge on any atom is -0.310 e. The van der Waals surface area contributed by atoms with Gasteiger partial charge in [0.15, 0.2) is 0 Å². The van der Waals surface area contributed by atoms with Gasteiger partial charge >= 0.3 is 0 Å². The zero-order valence-corrected chi connectivity index (χ0v) is 29.9. The third-order valence-electron chi connectivity index (χ3n) is 12.7. The van der Waals surface area contributed by atoms with E-state index in [4.69, 9.17) is 0 Å². The molecule has 0 saturated heterocycles. The first-order chi connectivity index (χ1) is 26.7. The fourth-order valence-electron chi connectivity index (χ4n) is 10.5. The van der Waals surface area contributed by atoms with E-state index in [0.717, 1.165) is 0 Å². The molecule has 250 valence electrons. The number of hydrogen-bond donors (Lipinski definition) is 0. The summed E-state index contributed by atoms with van der Waals surface area (Å²) >= 11 is 0. The van der Waals surface area contributed by atoms with Crippen LogP contribution in [-0.2, 0) is 5.41 Å². The van der Waals surface area contributed by atoms with Gasteiger partial charge in [0.05, 0.1) is 10.9 Å². The maximum Gasteiger partial charge on any atom is 0.212 e. The Balaban J connectivity index is 1.23. The van der Waals surface area contributed by atoms with Gasteiger partial charge in [0.1, 0.15) is 0 Å². The Kier molecular flexibility index (Phi) is 6.06. The molecule has 0 radical (unpaired) electrons. The van der Waals surface area contributed by atoms with Crippen molar-refractivity contribution < 1.29 is 0 Å². The Labute approximate surface area is 315 Å².